The average Bonchev–Trinajstić information content (AvgIpc) is 2.27. The fraction of sp³-hybridized carbons (Fsp3) is 0.455. The van der Waals surface area contributed by atoms with Crippen molar-refractivity contribution in [1.29, 1.82) is 0 Å². The van der Waals surface area contributed by atoms with Crippen LogP contribution in [0.4, 0.5) is 19.0 Å². The summed E-state index contributed by atoms with van der Waals surface area (Å²) in [7, 11) is 0. The standard InChI is InChI=1S/C11H12F3N3O/c12-8-1-2-10(15-3-8)17-5-7(6-17)11(18)16-4-9(13)14/h1-3,7,9H,4-6H2,(H,16,18). The lowest BCUT2D eigenvalue weighted by Crippen LogP contribution is -2.54. The van der Waals surface area contributed by atoms with E-state index in [4.69, 9.17) is 0 Å². The molecule has 1 aromatic heterocycles. The first-order valence-electron chi connectivity index (χ1n) is 5.48. The number of nitrogens with zero attached hydrogens (tertiary/aromatic N) is 2. The number of rotatable bonds is 4. The Morgan fingerprint density at radius 1 is 1.50 bits per heavy atom. The second-order valence-corrected chi connectivity index (χ2v) is 4.07. The van der Waals surface area contributed by atoms with Crippen molar-refractivity contribution < 1.29 is 18.0 Å². The summed E-state index contributed by atoms with van der Waals surface area (Å²) in [4.78, 5) is 17.1. The summed E-state index contributed by atoms with van der Waals surface area (Å²) >= 11 is 0. The van der Waals surface area contributed by atoms with Gasteiger partial charge in [-0.2, -0.15) is 0 Å². The van der Waals surface area contributed by atoms with E-state index in [1.807, 2.05) is 0 Å². The van der Waals surface area contributed by atoms with Crippen LogP contribution in [0.15, 0.2) is 18.3 Å². The molecule has 0 bridgehead atoms. The molecule has 1 N–H and O–H groups in total. The number of hydrogen-bond acceptors (Lipinski definition) is 3. The fourth-order valence-corrected chi connectivity index (χ4v) is 1.71. The molecule has 4 nitrogen and oxygen atoms in total. The zero-order valence-electron chi connectivity index (χ0n) is 9.44. The monoisotopic (exact) mass is 259 g/mol. The van der Waals surface area contributed by atoms with Crippen LogP contribution in [-0.4, -0.2) is 37.0 Å². The number of carbonyl (C=O) groups is 1. The molecule has 2 rings (SSSR count). The van der Waals surface area contributed by atoms with Crippen molar-refractivity contribution in [2.45, 2.75) is 6.43 Å². The summed E-state index contributed by atoms with van der Waals surface area (Å²) in [5.74, 6) is -0.538. The van der Waals surface area contributed by atoms with Crippen LogP contribution in [0.2, 0.25) is 0 Å². The molecule has 7 heteroatoms. The molecular weight excluding hydrogens is 247 g/mol. The van der Waals surface area contributed by atoms with Gasteiger partial charge in [0.2, 0.25) is 5.91 Å². The first-order valence-corrected chi connectivity index (χ1v) is 5.48. The Labute approximate surface area is 102 Å². The molecule has 0 spiro atoms. The van der Waals surface area contributed by atoms with E-state index in [9.17, 15) is 18.0 Å². The van der Waals surface area contributed by atoms with E-state index in [1.54, 1.807) is 4.90 Å². The molecule has 1 saturated heterocycles. The Kier molecular flexibility index (Phi) is 3.69. The quantitative estimate of drug-likeness (QED) is 0.878. The van der Waals surface area contributed by atoms with Gasteiger partial charge in [-0.25, -0.2) is 18.2 Å². The van der Waals surface area contributed by atoms with Gasteiger partial charge >= 0.3 is 0 Å². The fourth-order valence-electron chi connectivity index (χ4n) is 1.71. The predicted octanol–water partition coefficient (Wildman–Crippen LogP) is 1.04. The topological polar surface area (TPSA) is 45.2 Å². The molecule has 18 heavy (non-hydrogen) atoms. The number of anilines is 1. The molecule has 0 unspecified atom stereocenters. The lowest BCUT2D eigenvalue weighted by atomic mass is 9.99. The van der Waals surface area contributed by atoms with Gasteiger partial charge in [-0.05, 0) is 12.1 Å². The number of nitrogens with one attached hydrogen (secondary N) is 1. The average molecular weight is 259 g/mol. The maximum absolute atomic E-state index is 12.6. The van der Waals surface area contributed by atoms with Crippen LogP contribution in [0.1, 0.15) is 0 Å². The zero-order chi connectivity index (χ0) is 13.1. The molecule has 0 saturated carbocycles. The Morgan fingerprint density at radius 2 is 2.22 bits per heavy atom. The van der Waals surface area contributed by atoms with Crippen LogP contribution in [0, 0.1) is 11.7 Å². The van der Waals surface area contributed by atoms with Gasteiger partial charge in [0.15, 0.2) is 0 Å². The van der Waals surface area contributed by atoms with E-state index in [2.05, 4.69) is 10.3 Å². The first-order chi connectivity index (χ1) is 8.56. The van der Waals surface area contributed by atoms with Crippen molar-refractivity contribution in [2.24, 2.45) is 5.92 Å². The smallest absolute Gasteiger partial charge is 0.255 e. The van der Waals surface area contributed by atoms with Gasteiger partial charge in [0.25, 0.3) is 6.43 Å². The SMILES string of the molecule is O=C(NCC(F)F)C1CN(c2ccc(F)cn2)C1. The molecule has 1 fully saturated rings. The Balaban J connectivity index is 1.79. The highest BCUT2D eigenvalue weighted by atomic mass is 19.3. The Morgan fingerprint density at radius 3 is 2.78 bits per heavy atom. The maximum atomic E-state index is 12.6. The van der Waals surface area contributed by atoms with Crippen LogP contribution in [0.3, 0.4) is 0 Å². The van der Waals surface area contributed by atoms with Gasteiger partial charge in [-0.15, -0.1) is 0 Å². The first kappa shape index (κ1) is 12.7. The molecule has 1 aromatic rings. The second-order valence-electron chi connectivity index (χ2n) is 4.07. The summed E-state index contributed by atoms with van der Waals surface area (Å²) in [6, 6.07) is 2.80. The van der Waals surface area contributed by atoms with Gasteiger partial charge in [0, 0.05) is 13.1 Å². The highest BCUT2D eigenvalue weighted by Crippen LogP contribution is 2.22. The molecule has 1 amide bonds. The zero-order valence-corrected chi connectivity index (χ0v) is 9.44. The summed E-state index contributed by atoms with van der Waals surface area (Å²) < 4.78 is 36.4. The van der Waals surface area contributed by atoms with Gasteiger partial charge in [-0.1, -0.05) is 0 Å². The van der Waals surface area contributed by atoms with Gasteiger partial charge in [-0.3, -0.25) is 4.79 Å². The predicted molar refractivity (Wildman–Crippen MR) is 58.9 cm³/mol. The van der Waals surface area contributed by atoms with Crippen molar-refractivity contribution in [3.63, 3.8) is 0 Å². The third-order valence-electron chi connectivity index (χ3n) is 2.72. The highest BCUT2D eigenvalue weighted by molar-refractivity contribution is 5.81. The van der Waals surface area contributed by atoms with Crippen molar-refractivity contribution >= 4 is 11.7 Å². The summed E-state index contributed by atoms with van der Waals surface area (Å²) in [6.45, 7) is 0.200. The minimum atomic E-state index is -2.54. The molecule has 0 radical (unpaired) electrons. The molecule has 0 aliphatic carbocycles. The van der Waals surface area contributed by atoms with Crippen molar-refractivity contribution in [1.82, 2.24) is 10.3 Å². The van der Waals surface area contributed by atoms with Gasteiger partial charge in [0.05, 0.1) is 18.7 Å². The number of halogens is 3. The summed E-state index contributed by atoms with van der Waals surface area (Å²) in [5.41, 5.74) is 0. The minimum absolute atomic E-state index is 0.310. The molecule has 98 valence electrons. The number of hydrogen-bond donors (Lipinski definition) is 1. The number of pyridine rings is 1. The van der Waals surface area contributed by atoms with Crippen LogP contribution < -0.4 is 10.2 Å². The molecule has 0 aromatic carbocycles. The Hall–Kier alpha value is -1.79. The molecule has 1 aliphatic heterocycles. The van der Waals surface area contributed by atoms with Gasteiger partial charge < -0.3 is 10.2 Å². The number of aromatic nitrogens is 1. The van der Waals surface area contributed by atoms with E-state index >= 15 is 0 Å². The van der Waals surface area contributed by atoms with Crippen LogP contribution in [0.5, 0.6) is 0 Å². The number of alkyl halides is 2. The van der Waals surface area contributed by atoms with E-state index < -0.39 is 18.8 Å². The third-order valence-corrected chi connectivity index (χ3v) is 2.72. The number of carbonyl (C=O) groups excluding carboxylic acids is 1. The number of amides is 1. The minimum Gasteiger partial charge on any atom is -0.355 e. The molecular formula is C11H12F3N3O. The van der Waals surface area contributed by atoms with Crippen molar-refractivity contribution in [2.75, 3.05) is 24.5 Å². The van der Waals surface area contributed by atoms with Crippen molar-refractivity contribution in [3.05, 3.63) is 24.1 Å². The highest BCUT2D eigenvalue weighted by Gasteiger charge is 2.33. The van der Waals surface area contributed by atoms with Crippen molar-refractivity contribution in [3.8, 4) is 0 Å². The Bertz CT molecular complexity index is 418. The lowest BCUT2D eigenvalue weighted by Gasteiger charge is -2.39. The lowest BCUT2D eigenvalue weighted by molar-refractivity contribution is -0.126. The van der Waals surface area contributed by atoms with E-state index in [-0.39, 0.29) is 11.8 Å². The maximum Gasteiger partial charge on any atom is 0.255 e. The third kappa shape index (κ3) is 2.91. The van der Waals surface area contributed by atoms with Crippen LogP contribution >= 0.6 is 0 Å². The second kappa shape index (κ2) is 5.24. The van der Waals surface area contributed by atoms with E-state index in [1.165, 1.54) is 12.1 Å². The van der Waals surface area contributed by atoms with Gasteiger partial charge in [0.1, 0.15) is 11.6 Å². The summed E-state index contributed by atoms with van der Waals surface area (Å²) in [6.07, 6.45) is -1.44. The normalized spacial score (nSPS) is 15.7. The van der Waals surface area contributed by atoms with Crippen LogP contribution in [0.25, 0.3) is 0 Å². The summed E-state index contributed by atoms with van der Waals surface area (Å²) in [5, 5.41) is 2.17. The van der Waals surface area contributed by atoms with Crippen LogP contribution in [-0.2, 0) is 4.79 Å². The molecule has 1 aliphatic rings. The largest absolute Gasteiger partial charge is 0.355 e. The molecule has 0 atom stereocenters. The molecule has 2 heterocycles. The van der Waals surface area contributed by atoms with E-state index in [0.29, 0.717) is 18.9 Å². The van der Waals surface area contributed by atoms with E-state index in [0.717, 1.165) is 6.20 Å².